The van der Waals surface area contributed by atoms with Gasteiger partial charge in [0.25, 0.3) is 5.91 Å². The third-order valence-electron chi connectivity index (χ3n) is 4.32. The van der Waals surface area contributed by atoms with E-state index in [1.165, 1.54) is 13.1 Å². The summed E-state index contributed by atoms with van der Waals surface area (Å²) in [6.07, 6.45) is 0.0949. The summed E-state index contributed by atoms with van der Waals surface area (Å²) < 4.78 is 5.25. The number of hydrogen-bond donors (Lipinski definition) is 1. The van der Waals surface area contributed by atoms with Gasteiger partial charge in [-0.3, -0.25) is 4.79 Å². The third-order valence-corrected chi connectivity index (χ3v) is 5.56. The number of nitrogens with one attached hydrogen (secondary N) is 1. The fraction of sp³-hybridized carbons (Fsp3) is 0.136. The van der Waals surface area contributed by atoms with Gasteiger partial charge in [0.1, 0.15) is 0 Å². The Labute approximate surface area is 188 Å². The summed E-state index contributed by atoms with van der Waals surface area (Å²) in [6, 6.07) is 18.6. The van der Waals surface area contributed by atoms with Crippen molar-refractivity contribution in [2.45, 2.75) is 19.1 Å². The molecule has 1 heterocycles. The molecule has 3 aromatic rings. The first-order valence-corrected chi connectivity index (χ1v) is 10.1. The van der Waals surface area contributed by atoms with Crippen LogP contribution < -0.4 is 5.32 Å². The molecule has 0 saturated heterocycles. The smallest absolute Gasteiger partial charge is 0.359 e. The molecule has 0 fully saturated rings. The average molecular weight is 464 g/mol. The SMILES string of the molecule is C[C@H](OC(=O)c1ncc(Cl)c(Cl)c1Cl)C(=O)NC(c1ccccc1)c1ccccc1. The third kappa shape index (κ3) is 5.11. The number of benzene rings is 2. The van der Waals surface area contributed by atoms with Crippen molar-refractivity contribution in [1.82, 2.24) is 10.3 Å². The van der Waals surface area contributed by atoms with Crippen molar-refractivity contribution in [3.05, 3.63) is 98.7 Å². The second kappa shape index (κ2) is 9.94. The van der Waals surface area contributed by atoms with Crippen molar-refractivity contribution in [3.63, 3.8) is 0 Å². The Hall–Kier alpha value is -2.60. The van der Waals surface area contributed by atoms with Gasteiger partial charge in [0.05, 0.1) is 21.1 Å². The van der Waals surface area contributed by atoms with E-state index < -0.39 is 24.0 Å². The number of aromatic nitrogens is 1. The molecule has 0 saturated carbocycles. The Bertz CT molecular complexity index is 1010. The van der Waals surface area contributed by atoms with Crippen LogP contribution in [0.3, 0.4) is 0 Å². The number of amides is 1. The van der Waals surface area contributed by atoms with Crippen molar-refractivity contribution in [3.8, 4) is 0 Å². The number of carbonyl (C=O) groups is 2. The number of pyridine rings is 1. The molecule has 1 atom stereocenters. The normalized spacial score (nSPS) is 11.8. The maximum absolute atomic E-state index is 12.8. The van der Waals surface area contributed by atoms with E-state index in [9.17, 15) is 9.59 Å². The van der Waals surface area contributed by atoms with Crippen LogP contribution in [0, 0.1) is 0 Å². The van der Waals surface area contributed by atoms with Crippen LogP contribution in [0.1, 0.15) is 34.6 Å². The van der Waals surface area contributed by atoms with Crippen molar-refractivity contribution < 1.29 is 14.3 Å². The molecular weight excluding hydrogens is 447 g/mol. The molecule has 2 aromatic carbocycles. The summed E-state index contributed by atoms with van der Waals surface area (Å²) >= 11 is 17.8. The van der Waals surface area contributed by atoms with Gasteiger partial charge in [-0.1, -0.05) is 95.5 Å². The van der Waals surface area contributed by atoms with Gasteiger partial charge in [0.2, 0.25) is 0 Å². The summed E-state index contributed by atoms with van der Waals surface area (Å²) in [4.78, 5) is 29.1. The van der Waals surface area contributed by atoms with Crippen LogP contribution in [-0.4, -0.2) is 23.0 Å². The molecule has 1 N–H and O–H groups in total. The van der Waals surface area contributed by atoms with E-state index in [1.807, 2.05) is 60.7 Å². The molecule has 0 radical (unpaired) electrons. The molecule has 8 heteroatoms. The number of carbonyl (C=O) groups excluding carboxylic acids is 2. The zero-order valence-corrected chi connectivity index (χ0v) is 18.1. The zero-order valence-electron chi connectivity index (χ0n) is 15.8. The summed E-state index contributed by atoms with van der Waals surface area (Å²) in [5, 5.41) is 2.89. The highest BCUT2D eigenvalue weighted by Crippen LogP contribution is 2.31. The zero-order chi connectivity index (χ0) is 21.7. The molecule has 0 aliphatic rings. The molecule has 0 aliphatic carbocycles. The van der Waals surface area contributed by atoms with Crippen LogP contribution in [0.15, 0.2) is 66.9 Å². The molecule has 1 aromatic heterocycles. The van der Waals surface area contributed by atoms with E-state index in [1.54, 1.807) is 0 Å². The van der Waals surface area contributed by atoms with Crippen LogP contribution in [0.5, 0.6) is 0 Å². The minimum atomic E-state index is -1.10. The van der Waals surface area contributed by atoms with Gasteiger partial charge in [-0.15, -0.1) is 0 Å². The van der Waals surface area contributed by atoms with Gasteiger partial charge in [-0.25, -0.2) is 9.78 Å². The number of esters is 1. The van der Waals surface area contributed by atoms with Crippen LogP contribution >= 0.6 is 34.8 Å². The highest BCUT2D eigenvalue weighted by Gasteiger charge is 2.26. The predicted molar refractivity (Wildman–Crippen MR) is 117 cm³/mol. The maximum atomic E-state index is 12.8. The molecule has 154 valence electrons. The predicted octanol–water partition coefficient (Wildman–Crippen LogP) is 5.49. The first kappa shape index (κ1) is 22.1. The van der Waals surface area contributed by atoms with Crippen LogP contribution in [0.25, 0.3) is 0 Å². The van der Waals surface area contributed by atoms with E-state index >= 15 is 0 Å². The summed E-state index contributed by atoms with van der Waals surface area (Å²) in [7, 11) is 0. The fourth-order valence-corrected chi connectivity index (χ4v) is 3.32. The Morgan fingerprint density at radius 3 is 1.97 bits per heavy atom. The molecule has 0 spiro atoms. The number of nitrogens with zero attached hydrogens (tertiary/aromatic N) is 1. The lowest BCUT2D eigenvalue weighted by Crippen LogP contribution is -2.38. The average Bonchev–Trinajstić information content (AvgIpc) is 2.76. The second-order valence-corrected chi connectivity index (χ2v) is 7.56. The minimum absolute atomic E-state index is 0.00870. The maximum Gasteiger partial charge on any atom is 0.359 e. The van der Waals surface area contributed by atoms with Crippen molar-refractivity contribution in [2.24, 2.45) is 0 Å². The number of ether oxygens (including phenoxy) is 1. The quantitative estimate of drug-likeness (QED) is 0.491. The number of hydrogen-bond acceptors (Lipinski definition) is 4. The standard InChI is InChI=1S/C22H17Cl3N2O3/c1-13(30-22(29)20-18(25)17(24)16(23)12-26-20)21(28)27-19(14-8-4-2-5-9-14)15-10-6-3-7-11-15/h2-13,19H,1H3,(H,27,28)/t13-/m0/s1. The van der Waals surface area contributed by atoms with Crippen LogP contribution in [0.2, 0.25) is 15.1 Å². The van der Waals surface area contributed by atoms with E-state index in [0.29, 0.717) is 0 Å². The van der Waals surface area contributed by atoms with E-state index in [0.717, 1.165) is 11.1 Å². The van der Waals surface area contributed by atoms with Crippen molar-refractivity contribution >= 4 is 46.7 Å². The Balaban J connectivity index is 1.76. The molecule has 30 heavy (non-hydrogen) atoms. The highest BCUT2D eigenvalue weighted by atomic mass is 35.5. The molecule has 1 amide bonds. The van der Waals surface area contributed by atoms with E-state index in [4.69, 9.17) is 39.5 Å². The molecular formula is C22H17Cl3N2O3. The summed E-state index contributed by atoms with van der Waals surface area (Å²) in [5.74, 6) is -1.35. The van der Waals surface area contributed by atoms with E-state index in [2.05, 4.69) is 10.3 Å². The topological polar surface area (TPSA) is 68.3 Å². The van der Waals surface area contributed by atoms with Crippen molar-refractivity contribution in [2.75, 3.05) is 0 Å². The molecule has 3 rings (SSSR count). The van der Waals surface area contributed by atoms with Gasteiger partial charge in [-0.2, -0.15) is 0 Å². The second-order valence-electron chi connectivity index (χ2n) is 6.39. The summed E-state index contributed by atoms with van der Waals surface area (Å²) in [5.41, 5.74) is 1.57. The molecule has 0 unspecified atom stereocenters. The van der Waals surface area contributed by atoms with Gasteiger partial charge in [0, 0.05) is 6.20 Å². The van der Waals surface area contributed by atoms with Gasteiger partial charge < -0.3 is 10.1 Å². The first-order chi connectivity index (χ1) is 14.4. The fourth-order valence-electron chi connectivity index (χ4n) is 2.77. The van der Waals surface area contributed by atoms with Crippen LogP contribution in [-0.2, 0) is 9.53 Å². The van der Waals surface area contributed by atoms with Gasteiger partial charge in [0.15, 0.2) is 11.8 Å². The Morgan fingerprint density at radius 2 is 1.43 bits per heavy atom. The largest absolute Gasteiger partial charge is 0.448 e. The minimum Gasteiger partial charge on any atom is -0.448 e. The molecule has 5 nitrogen and oxygen atoms in total. The van der Waals surface area contributed by atoms with E-state index in [-0.39, 0.29) is 20.8 Å². The lowest BCUT2D eigenvalue weighted by Gasteiger charge is -2.22. The number of rotatable bonds is 6. The first-order valence-electron chi connectivity index (χ1n) is 8.99. The van der Waals surface area contributed by atoms with Crippen molar-refractivity contribution in [1.29, 1.82) is 0 Å². The molecule has 0 bridgehead atoms. The van der Waals surface area contributed by atoms with Gasteiger partial charge in [-0.05, 0) is 18.1 Å². The Kier molecular flexibility index (Phi) is 7.32. The monoisotopic (exact) mass is 462 g/mol. The van der Waals surface area contributed by atoms with Crippen LogP contribution in [0.4, 0.5) is 0 Å². The Morgan fingerprint density at radius 1 is 0.900 bits per heavy atom. The highest BCUT2D eigenvalue weighted by molar-refractivity contribution is 6.48. The lowest BCUT2D eigenvalue weighted by molar-refractivity contribution is -0.129. The molecule has 0 aliphatic heterocycles. The lowest BCUT2D eigenvalue weighted by atomic mass is 9.98. The number of halogens is 3. The van der Waals surface area contributed by atoms with Gasteiger partial charge >= 0.3 is 5.97 Å². The summed E-state index contributed by atoms with van der Waals surface area (Å²) in [6.45, 7) is 1.46.